The average Bonchev–Trinajstić information content (AvgIpc) is 2.89. The van der Waals surface area contributed by atoms with E-state index in [1.807, 2.05) is 31.2 Å². The number of nitrogens with two attached hydrogens (primary N) is 1. The second kappa shape index (κ2) is 5.40. The monoisotopic (exact) mass is 261 g/mol. The van der Waals surface area contributed by atoms with Gasteiger partial charge in [-0.2, -0.15) is 4.98 Å². The molecule has 0 amide bonds. The molecule has 0 aliphatic rings. The fourth-order valence-electron chi connectivity index (χ4n) is 1.96. The Labute approximate surface area is 112 Å². The van der Waals surface area contributed by atoms with E-state index in [1.165, 1.54) is 0 Å². The second-order valence-electron chi connectivity index (χ2n) is 4.82. The molecule has 1 aromatic carbocycles. The summed E-state index contributed by atoms with van der Waals surface area (Å²) in [6.07, 6.45) is 1.76. The van der Waals surface area contributed by atoms with E-state index < -0.39 is 5.54 Å². The van der Waals surface area contributed by atoms with Crippen LogP contribution in [0.1, 0.15) is 32.6 Å². The highest BCUT2D eigenvalue weighted by atomic mass is 16.5. The van der Waals surface area contributed by atoms with Crippen molar-refractivity contribution in [3.05, 3.63) is 30.2 Å². The molecular weight excluding hydrogens is 242 g/mol. The minimum Gasteiger partial charge on any atom is -0.497 e. The Kier molecular flexibility index (Phi) is 3.85. The molecule has 19 heavy (non-hydrogen) atoms. The van der Waals surface area contributed by atoms with Crippen LogP contribution < -0.4 is 10.5 Å². The normalized spacial score (nSPS) is 14.1. The molecule has 0 aliphatic carbocycles. The van der Waals surface area contributed by atoms with E-state index in [-0.39, 0.29) is 0 Å². The fourth-order valence-corrected chi connectivity index (χ4v) is 1.96. The molecule has 1 atom stereocenters. The van der Waals surface area contributed by atoms with Crippen LogP contribution in [0.3, 0.4) is 0 Å². The molecule has 0 spiro atoms. The zero-order valence-electron chi connectivity index (χ0n) is 11.5. The summed E-state index contributed by atoms with van der Waals surface area (Å²) in [4.78, 5) is 4.39. The van der Waals surface area contributed by atoms with Gasteiger partial charge in [0.25, 0.3) is 0 Å². The van der Waals surface area contributed by atoms with Crippen molar-refractivity contribution in [2.75, 3.05) is 7.11 Å². The van der Waals surface area contributed by atoms with E-state index in [0.717, 1.165) is 24.2 Å². The number of hydrogen-bond donors (Lipinski definition) is 1. The first-order valence-electron chi connectivity index (χ1n) is 6.34. The topological polar surface area (TPSA) is 74.2 Å². The van der Waals surface area contributed by atoms with Crippen LogP contribution in [-0.4, -0.2) is 17.3 Å². The van der Waals surface area contributed by atoms with E-state index in [1.54, 1.807) is 7.11 Å². The summed E-state index contributed by atoms with van der Waals surface area (Å²) in [7, 11) is 1.62. The smallest absolute Gasteiger partial charge is 0.246 e. The maximum atomic E-state index is 6.18. The molecule has 102 valence electrons. The molecule has 5 heteroatoms. The van der Waals surface area contributed by atoms with Crippen LogP contribution in [-0.2, 0) is 5.54 Å². The van der Waals surface area contributed by atoms with Crippen molar-refractivity contribution in [2.24, 2.45) is 5.73 Å². The second-order valence-corrected chi connectivity index (χ2v) is 4.82. The number of hydrogen-bond acceptors (Lipinski definition) is 5. The zero-order chi connectivity index (χ0) is 13.9. The Bertz CT molecular complexity index is 549. The minimum atomic E-state index is -0.584. The molecule has 0 fully saturated rings. The van der Waals surface area contributed by atoms with Crippen LogP contribution in [0.4, 0.5) is 0 Å². The highest BCUT2D eigenvalue weighted by molar-refractivity contribution is 5.56. The quantitative estimate of drug-likeness (QED) is 0.895. The van der Waals surface area contributed by atoms with Crippen LogP contribution in [0.5, 0.6) is 5.75 Å². The number of nitrogens with zero attached hydrogens (tertiary/aromatic N) is 2. The fraction of sp³-hybridized carbons (Fsp3) is 0.429. The summed E-state index contributed by atoms with van der Waals surface area (Å²) in [6.45, 7) is 3.98. The van der Waals surface area contributed by atoms with E-state index in [2.05, 4.69) is 17.1 Å². The van der Waals surface area contributed by atoms with E-state index in [9.17, 15) is 0 Å². The number of methoxy groups -OCH3 is 1. The lowest BCUT2D eigenvalue weighted by Gasteiger charge is -2.18. The lowest BCUT2D eigenvalue weighted by molar-refractivity contribution is 0.284. The van der Waals surface area contributed by atoms with E-state index in [4.69, 9.17) is 15.0 Å². The number of benzene rings is 1. The van der Waals surface area contributed by atoms with Crippen molar-refractivity contribution < 1.29 is 9.26 Å². The van der Waals surface area contributed by atoms with Crippen molar-refractivity contribution in [1.29, 1.82) is 0 Å². The molecule has 0 saturated heterocycles. The summed E-state index contributed by atoms with van der Waals surface area (Å²) >= 11 is 0. The molecule has 2 aromatic rings. The first-order valence-corrected chi connectivity index (χ1v) is 6.34. The third-order valence-corrected chi connectivity index (χ3v) is 3.01. The highest BCUT2D eigenvalue weighted by Gasteiger charge is 2.27. The largest absolute Gasteiger partial charge is 0.497 e. The summed E-state index contributed by atoms with van der Waals surface area (Å²) < 4.78 is 10.5. The van der Waals surface area contributed by atoms with E-state index >= 15 is 0 Å². The summed E-state index contributed by atoms with van der Waals surface area (Å²) in [5.41, 5.74) is 6.44. The van der Waals surface area contributed by atoms with Crippen molar-refractivity contribution in [1.82, 2.24) is 10.1 Å². The van der Waals surface area contributed by atoms with Crippen LogP contribution >= 0.6 is 0 Å². The van der Waals surface area contributed by atoms with Crippen molar-refractivity contribution in [3.8, 4) is 17.1 Å². The van der Waals surface area contributed by atoms with Gasteiger partial charge in [-0.05, 0) is 25.5 Å². The lowest BCUT2D eigenvalue weighted by Crippen LogP contribution is -2.33. The third-order valence-electron chi connectivity index (χ3n) is 3.01. The Hall–Kier alpha value is -1.88. The Balaban J connectivity index is 2.30. The number of aromatic nitrogens is 2. The van der Waals surface area contributed by atoms with Gasteiger partial charge in [-0.1, -0.05) is 30.6 Å². The standard InChI is InChI=1S/C14H19N3O2/c1-4-8-14(2,15)13-16-12(17-19-13)10-6-5-7-11(9-10)18-3/h5-7,9H,4,8,15H2,1-3H3. The molecule has 1 heterocycles. The zero-order valence-corrected chi connectivity index (χ0v) is 11.5. The molecule has 0 aliphatic heterocycles. The number of ether oxygens (including phenoxy) is 1. The number of rotatable bonds is 5. The predicted molar refractivity (Wildman–Crippen MR) is 72.7 cm³/mol. The van der Waals surface area contributed by atoms with Gasteiger partial charge in [0.2, 0.25) is 11.7 Å². The van der Waals surface area contributed by atoms with Gasteiger partial charge in [0.05, 0.1) is 12.6 Å². The van der Waals surface area contributed by atoms with Gasteiger partial charge in [0.15, 0.2) is 0 Å². The van der Waals surface area contributed by atoms with Crippen LogP contribution in [0, 0.1) is 0 Å². The van der Waals surface area contributed by atoms with Gasteiger partial charge < -0.3 is 15.0 Å². The van der Waals surface area contributed by atoms with Gasteiger partial charge in [0, 0.05) is 5.56 Å². The van der Waals surface area contributed by atoms with Gasteiger partial charge in [-0.25, -0.2) is 0 Å². The predicted octanol–water partition coefficient (Wildman–Crippen LogP) is 2.72. The lowest BCUT2D eigenvalue weighted by atomic mass is 9.98. The Morgan fingerprint density at radius 1 is 1.42 bits per heavy atom. The van der Waals surface area contributed by atoms with Gasteiger partial charge in [-0.3, -0.25) is 0 Å². The molecule has 1 aromatic heterocycles. The molecule has 5 nitrogen and oxygen atoms in total. The van der Waals surface area contributed by atoms with Gasteiger partial charge >= 0.3 is 0 Å². The molecule has 2 N–H and O–H groups in total. The van der Waals surface area contributed by atoms with Crippen LogP contribution in [0.25, 0.3) is 11.4 Å². The van der Waals surface area contributed by atoms with Gasteiger partial charge in [-0.15, -0.1) is 0 Å². The minimum absolute atomic E-state index is 0.465. The van der Waals surface area contributed by atoms with Crippen molar-refractivity contribution >= 4 is 0 Å². The first kappa shape index (κ1) is 13.5. The maximum absolute atomic E-state index is 6.18. The Morgan fingerprint density at radius 2 is 2.21 bits per heavy atom. The molecule has 2 rings (SSSR count). The molecule has 0 radical (unpaired) electrons. The summed E-state index contributed by atoms with van der Waals surface area (Å²) in [5, 5.41) is 3.99. The maximum Gasteiger partial charge on any atom is 0.246 e. The molecule has 1 unspecified atom stereocenters. The molecule has 0 saturated carbocycles. The average molecular weight is 261 g/mol. The van der Waals surface area contributed by atoms with Crippen LogP contribution in [0.2, 0.25) is 0 Å². The molecule has 0 bridgehead atoms. The van der Waals surface area contributed by atoms with Crippen LogP contribution in [0.15, 0.2) is 28.8 Å². The summed E-state index contributed by atoms with van der Waals surface area (Å²) in [5.74, 6) is 1.75. The van der Waals surface area contributed by atoms with E-state index in [0.29, 0.717) is 11.7 Å². The Morgan fingerprint density at radius 3 is 2.89 bits per heavy atom. The van der Waals surface area contributed by atoms with Gasteiger partial charge in [0.1, 0.15) is 5.75 Å². The van der Waals surface area contributed by atoms with Crippen molar-refractivity contribution in [3.63, 3.8) is 0 Å². The first-order chi connectivity index (χ1) is 9.06. The third kappa shape index (κ3) is 2.93. The molecular formula is C14H19N3O2. The SMILES string of the molecule is CCCC(C)(N)c1nc(-c2cccc(OC)c2)no1. The highest BCUT2D eigenvalue weighted by Crippen LogP contribution is 2.26. The van der Waals surface area contributed by atoms with Crippen molar-refractivity contribution in [2.45, 2.75) is 32.2 Å². The summed E-state index contributed by atoms with van der Waals surface area (Å²) in [6, 6.07) is 7.53.